The second-order valence-corrected chi connectivity index (χ2v) is 8.73. The van der Waals surface area contributed by atoms with Gasteiger partial charge in [0.1, 0.15) is 12.7 Å². The standard InChI is InChI=1S/C25H29N5O4/c26-17-19-16-22(30(32)33)8-11-24(19)27-20-6-9-23(10-7-20)34-18-25(31)29-14-12-28(13-15-29)21-4-2-1-3-5-21/h1-5,8,11,16,20,23,27H,6-7,9-10,12-15,18H2/t20-,23-. The number of benzene rings is 2. The van der Waals surface area contributed by atoms with Crippen LogP contribution in [0.5, 0.6) is 0 Å². The van der Waals surface area contributed by atoms with Crippen molar-refractivity contribution < 1.29 is 14.5 Å². The van der Waals surface area contributed by atoms with Crippen molar-refractivity contribution in [3.05, 3.63) is 64.2 Å². The van der Waals surface area contributed by atoms with Crippen molar-refractivity contribution >= 4 is 23.0 Å². The number of rotatable bonds is 7. The number of non-ortho nitro benzene ring substituents is 1. The van der Waals surface area contributed by atoms with Crippen LogP contribution in [0.25, 0.3) is 0 Å². The van der Waals surface area contributed by atoms with Gasteiger partial charge in [-0.2, -0.15) is 5.26 Å². The van der Waals surface area contributed by atoms with Gasteiger partial charge in [0.05, 0.1) is 22.3 Å². The van der Waals surface area contributed by atoms with Crippen LogP contribution >= 0.6 is 0 Å². The normalized spacial score (nSPS) is 20.4. The molecule has 34 heavy (non-hydrogen) atoms. The Kier molecular flexibility index (Phi) is 7.60. The highest BCUT2D eigenvalue weighted by Crippen LogP contribution is 2.27. The van der Waals surface area contributed by atoms with Crippen LogP contribution in [0.2, 0.25) is 0 Å². The van der Waals surface area contributed by atoms with Gasteiger partial charge in [0.25, 0.3) is 5.69 Å². The molecule has 0 radical (unpaired) electrons. The molecule has 1 saturated heterocycles. The van der Waals surface area contributed by atoms with E-state index in [4.69, 9.17) is 4.74 Å². The number of nitriles is 1. The van der Waals surface area contributed by atoms with Crippen molar-refractivity contribution in [2.75, 3.05) is 43.0 Å². The minimum atomic E-state index is -0.502. The van der Waals surface area contributed by atoms with Gasteiger partial charge in [-0.15, -0.1) is 0 Å². The highest BCUT2D eigenvalue weighted by Gasteiger charge is 2.26. The number of hydrogen-bond donors (Lipinski definition) is 1. The van der Waals surface area contributed by atoms with Crippen molar-refractivity contribution in [3.8, 4) is 6.07 Å². The summed E-state index contributed by atoms with van der Waals surface area (Å²) >= 11 is 0. The Morgan fingerprint density at radius 3 is 2.44 bits per heavy atom. The van der Waals surface area contributed by atoms with Gasteiger partial charge in [-0.3, -0.25) is 14.9 Å². The molecule has 0 bridgehead atoms. The second-order valence-electron chi connectivity index (χ2n) is 8.73. The monoisotopic (exact) mass is 463 g/mol. The highest BCUT2D eigenvalue weighted by molar-refractivity contribution is 5.77. The SMILES string of the molecule is N#Cc1cc([N+](=O)[O-])ccc1N[C@H]1CC[C@H](OCC(=O)N2CCN(c3ccccc3)CC2)CC1. The van der Waals surface area contributed by atoms with Crippen molar-refractivity contribution in [2.24, 2.45) is 0 Å². The Morgan fingerprint density at radius 2 is 1.79 bits per heavy atom. The number of ether oxygens (including phenoxy) is 1. The van der Waals surface area contributed by atoms with Gasteiger partial charge in [0.15, 0.2) is 0 Å². The summed E-state index contributed by atoms with van der Waals surface area (Å²) in [6.45, 7) is 3.14. The summed E-state index contributed by atoms with van der Waals surface area (Å²) in [7, 11) is 0. The number of para-hydroxylation sites is 1. The molecule has 1 aliphatic heterocycles. The molecule has 1 N–H and O–H groups in total. The molecule has 178 valence electrons. The molecular formula is C25H29N5O4. The van der Waals surface area contributed by atoms with E-state index in [2.05, 4.69) is 22.3 Å². The zero-order valence-corrected chi connectivity index (χ0v) is 19.1. The summed E-state index contributed by atoms with van der Waals surface area (Å²) in [6, 6.07) is 16.7. The lowest BCUT2D eigenvalue weighted by Crippen LogP contribution is -2.50. The number of nitrogens with zero attached hydrogens (tertiary/aromatic N) is 4. The summed E-state index contributed by atoms with van der Waals surface area (Å²) < 4.78 is 5.94. The summed E-state index contributed by atoms with van der Waals surface area (Å²) in [6.07, 6.45) is 3.37. The van der Waals surface area contributed by atoms with Crippen LogP contribution in [0.15, 0.2) is 48.5 Å². The highest BCUT2D eigenvalue weighted by atomic mass is 16.6. The van der Waals surface area contributed by atoms with E-state index in [1.165, 1.54) is 17.8 Å². The van der Waals surface area contributed by atoms with Crippen molar-refractivity contribution in [1.29, 1.82) is 5.26 Å². The molecule has 0 aromatic heterocycles. The van der Waals surface area contributed by atoms with Crippen molar-refractivity contribution in [1.82, 2.24) is 4.90 Å². The number of piperazine rings is 1. The van der Waals surface area contributed by atoms with E-state index in [0.29, 0.717) is 18.8 Å². The maximum atomic E-state index is 12.6. The average molecular weight is 464 g/mol. The van der Waals surface area contributed by atoms with Gasteiger partial charge in [-0.1, -0.05) is 18.2 Å². The first-order valence-electron chi connectivity index (χ1n) is 11.7. The molecule has 1 aliphatic carbocycles. The summed E-state index contributed by atoms with van der Waals surface area (Å²) in [5.41, 5.74) is 1.98. The van der Waals surface area contributed by atoms with E-state index < -0.39 is 4.92 Å². The third kappa shape index (κ3) is 5.83. The number of amides is 1. The van der Waals surface area contributed by atoms with Crippen molar-refractivity contribution in [3.63, 3.8) is 0 Å². The molecule has 0 unspecified atom stereocenters. The van der Waals surface area contributed by atoms with Crippen LogP contribution in [0.3, 0.4) is 0 Å². The topological polar surface area (TPSA) is 112 Å². The summed E-state index contributed by atoms with van der Waals surface area (Å²) in [5, 5.41) is 23.6. The first kappa shape index (κ1) is 23.5. The second kappa shape index (κ2) is 11.0. The molecule has 9 heteroatoms. The molecule has 1 amide bonds. The number of anilines is 2. The molecular weight excluding hydrogens is 434 g/mol. The molecule has 4 rings (SSSR count). The largest absolute Gasteiger partial charge is 0.381 e. The van der Waals surface area contributed by atoms with Gasteiger partial charge >= 0.3 is 0 Å². The van der Waals surface area contributed by atoms with Gasteiger partial charge in [0, 0.05) is 50.0 Å². The molecule has 2 fully saturated rings. The fourth-order valence-corrected chi connectivity index (χ4v) is 4.59. The zero-order chi connectivity index (χ0) is 23.9. The third-order valence-corrected chi connectivity index (χ3v) is 6.56. The molecule has 2 aliphatic rings. The Labute approximate surface area is 199 Å². The summed E-state index contributed by atoms with van der Waals surface area (Å²) in [4.78, 5) is 27.2. The predicted octanol–water partition coefficient (Wildman–Crippen LogP) is 3.55. The fraction of sp³-hybridized carbons (Fsp3) is 0.440. The number of hydrogen-bond acceptors (Lipinski definition) is 7. The van der Waals surface area contributed by atoms with E-state index in [1.54, 1.807) is 6.07 Å². The quantitative estimate of drug-likeness (QED) is 0.494. The molecule has 0 spiro atoms. The first-order valence-corrected chi connectivity index (χ1v) is 11.7. The predicted molar refractivity (Wildman–Crippen MR) is 129 cm³/mol. The molecule has 1 heterocycles. The van der Waals surface area contributed by atoms with E-state index in [0.717, 1.165) is 38.8 Å². The first-order chi connectivity index (χ1) is 16.5. The van der Waals surface area contributed by atoms with Gasteiger partial charge in [0.2, 0.25) is 5.91 Å². The van der Waals surface area contributed by atoms with Crippen LogP contribution in [0.4, 0.5) is 17.1 Å². The van der Waals surface area contributed by atoms with E-state index in [-0.39, 0.29) is 35.9 Å². The third-order valence-electron chi connectivity index (χ3n) is 6.56. The number of carbonyl (C=O) groups excluding carboxylic acids is 1. The zero-order valence-electron chi connectivity index (χ0n) is 19.1. The lowest BCUT2D eigenvalue weighted by Gasteiger charge is -2.36. The Bertz CT molecular complexity index is 1040. The lowest BCUT2D eigenvalue weighted by atomic mass is 9.92. The number of nitrogens with one attached hydrogen (secondary N) is 1. The molecule has 9 nitrogen and oxygen atoms in total. The van der Waals surface area contributed by atoms with Gasteiger partial charge in [-0.25, -0.2) is 0 Å². The fourth-order valence-electron chi connectivity index (χ4n) is 4.59. The van der Waals surface area contributed by atoms with Gasteiger partial charge < -0.3 is 19.9 Å². The Balaban J connectivity index is 1.18. The maximum absolute atomic E-state index is 12.6. The van der Waals surface area contributed by atoms with E-state index in [1.807, 2.05) is 29.2 Å². The number of nitro benzene ring substituents is 1. The average Bonchev–Trinajstić information content (AvgIpc) is 2.88. The summed E-state index contributed by atoms with van der Waals surface area (Å²) in [5.74, 6) is 0.0394. The number of nitro groups is 1. The molecule has 0 atom stereocenters. The maximum Gasteiger partial charge on any atom is 0.270 e. The minimum absolute atomic E-state index is 0.0394. The minimum Gasteiger partial charge on any atom is -0.381 e. The Hall–Kier alpha value is -3.64. The Morgan fingerprint density at radius 1 is 1.09 bits per heavy atom. The lowest BCUT2D eigenvalue weighted by molar-refractivity contribution is -0.384. The van der Waals surface area contributed by atoms with Crippen LogP contribution in [-0.4, -0.2) is 60.7 Å². The van der Waals surface area contributed by atoms with E-state index >= 15 is 0 Å². The van der Waals surface area contributed by atoms with Crippen LogP contribution in [0.1, 0.15) is 31.2 Å². The smallest absolute Gasteiger partial charge is 0.270 e. The van der Waals surface area contributed by atoms with Crippen molar-refractivity contribution in [2.45, 2.75) is 37.8 Å². The van der Waals surface area contributed by atoms with Gasteiger partial charge in [-0.05, 0) is 43.9 Å². The number of carbonyl (C=O) groups is 1. The molecule has 2 aromatic rings. The van der Waals surface area contributed by atoms with Crippen LogP contribution in [-0.2, 0) is 9.53 Å². The van der Waals surface area contributed by atoms with E-state index in [9.17, 15) is 20.2 Å². The molecule has 2 aromatic carbocycles. The molecule has 1 saturated carbocycles. The van der Waals surface area contributed by atoms with Crippen LogP contribution in [0, 0.1) is 21.4 Å². The van der Waals surface area contributed by atoms with Crippen LogP contribution < -0.4 is 10.2 Å².